The molecule has 0 aromatic heterocycles. The number of aliphatic hydroxyl groups is 1. The molecule has 1 saturated heterocycles. The second-order valence-corrected chi connectivity index (χ2v) is 8.81. The van der Waals surface area contributed by atoms with Crippen LogP contribution in [0.1, 0.15) is 45.9 Å². The Bertz CT molecular complexity index is 1120. The summed E-state index contributed by atoms with van der Waals surface area (Å²) in [7, 11) is 2.04. The van der Waals surface area contributed by atoms with Gasteiger partial charge in [-0.1, -0.05) is 60.7 Å². The Morgan fingerprint density at radius 1 is 1.06 bits per heavy atom. The molecule has 0 unspecified atom stereocenters. The van der Waals surface area contributed by atoms with E-state index in [1.807, 2.05) is 79.9 Å². The third-order valence-corrected chi connectivity index (χ3v) is 6.02. The monoisotopic (exact) mass is 472 g/mol. The number of nitrogens with one attached hydrogen (secondary N) is 1. The van der Waals surface area contributed by atoms with Crippen molar-refractivity contribution in [1.82, 2.24) is 4.90 Å². The number of aliphatic hydroxyl groups excluding tert-OH is 1. The number of amides is 1. The Labute approximate surface area is 206 Å². The van der Waals surface area contributed by atoms with Gasteiger partial charge in [-0.15, -0.1) is 6.58 Å². The van der Waals surface area contributed by atoms with Crippen molar-refractivity contribution in [2.45, 2.75) is 31.5 Å². The number of carbonyl (C=O) groups is 1. The van der Waals surface area contributed by atoms with Crippen LogP contribution in [0.2, 0.25) is 0 Å². The number of likely N-dealkylation sites (N-methyl/N-ethyl adjacent to an activating group) is 1. The summed E-state index contributed by atoms with van der Waals surface area (Å²) in [6, 6.07) is 24.5. The molecular formula is C29H32N2O4. The normalized spacial score (nSPS) is 19.9. The summed E-state index contributed by atoms with van der Waals surface area (Å²) in [4.78, 5) is 14.8. The number of rotatable bonds is 9. The lowest BCUT2D eigenvalue weighted by atomic mass is 9.99. The highest BCUT2D eigenvalue weighted by Gasteiger charge is 2.32. The molecule has 0 saturated carbocycles. The lowest BCUT2D eigenvalue weighted by Crippen LogP contribution is -2.37. The number of nitrogens with zero attached hydrogens (tertiary/aromatic N) is 1. The van der Waals surface area contributed by atoms with E-state index < -0.39 is 6.29 Å². The van der Waals surface area contributed by atoms with Gasteiger partial charge < -0.3 is 24.8 Å². The highest BCUT2D eigenvalue weighted by molar-refractivity contribution is 6.04. The molecule has 2 N–H and O–H groups in total. The van der Waals surface area contributed by atoms with E-state index in [0.29, 0.717) is 17.7 Å². The maximum absolute atomic E-state index is 12.6. The van der Waals surface area contributed by atoms with Crippen molar-refractivity contribution in [3.63, 3.8) is 0 Å². The van der Waals surface area contributed by atoms with Crippen molar-refractivity contribution in [3.8, 4) is 0 Å². The number of anilines is 1. The lowest BCUT2D eigenvalue weighted by Gasteiger charge is -2.37. The molecule has 0 aliphatic carbocycles. The van der Waals surface area contributed by atoms with Gasteiger partial charge in [0.2, 0.25) is 0 Å². The molecule has 6 nitrogen and oxygen atoms in total. The molecule has 3 aromatic rings. The van der Waals surface area contributed by atoms with Gasteiger partial charge in [-0.05, 0) is 42.4 Å². The minimum Gasteiger partial charge on any atom is -0.392 e. The van der Waals surface area contributed by atoms with E-state index in [9.17, 15) is 9.90 Å². The molecule has 4 rings (SSSR count). The van der Waals surface area contributed by atoms with Gasteiger partial charge in [-0.3, -0.25) is 4.79 Å². The molecule has 1 fully saturated rings. The standard InChI is InChI=1S/C29H32N2O4/c1-3-16-31(2)19-26-18-27(22-14-12-21(20-32)13-15-22)35-29(34-26)24-10-7-11-25(17-24)30-28(33)23-8-5-4-6-9-23/h3-15,17,26-27,29,32H,1,16,18-20H2,2H3,(H,30,33)/t26-,27+,29+/m0/s1. The zero-order valence-corrected chi connectivity index (χ0v) is 20.0. The quantitative estimate of drug-likeness (QED) is 0.424. The van der Waals surface area contributed by atoms with Crippen LogP contribution in [0.25, 0.3) is 0 Å². The number of benzene rings is 3. The summed E-state index contributed by atoms with van der Waals surface area (Å²) < 4.78 is 12.8. The molecule has 0 spiro atoms. The SMILES string of the molecule is C=CCN(C)C[C@@H]1C[C@H](c2ccc(CO)cc2)O[C@H](c2cccc(NC(=O)c3ccccc3)c2)O1. The molecule has 1 heterocycles. The predicted molar refractivity (Wildman–Crippen MR) is 137 cm³/mol. The maximum atomic E-state index is 12.6. The molecule has 3 aromatic carbocycles. The fourth-order valence-corrected chi connectivity index (χ4v) is 4.23. The smallest absolute Gasteiger partial charge is 0.255 e. The average molecular weight is 473 g/mol. The first-order valence-electron chi connectivity index (χ1n) is 11.8. The van der Waals surface area contributed by atoms with E-state index in [1.165, 1.54) is 0 Å². The van der Waals surface area contributed by atoms with Crippen LogP contribution in [0, 0.1) is 0 Å². The molecular weight excluding hydrogens is 440 g/mol. The van der Waals surface area contributed by atoms with Gasteiger partial charge in [0.15, 0.2) is 6.29 Å². The number of hydrogen-bond donors (Lipinski definition) is 2. The minimum atomic E-state index is -0.582. The van der Waals surface area contributed by atoms with E-state index in [4.69, 9.17) is 9.47 Å². The molecule has 6 heteroatoms. The van der Waals surface area contributed by atoms with Crippen LogP contribution < -0.4 is 5.32 Å². The Morgan fingerprint density at radius 2 is 1.83 bits per heavy atom. The zero-order valence-electron chi connectivity index (χ0n) is 20.0. The van der Waals surface area contributed by atoms with Gasteiger partial charge >= 0.3 is 0 Å². The van der Waals surface area contributed by atoms with Crippen LogP contribution in [-0.2, 0) is 16.1 Å². The molecule has 0 radical (unpaired) electrons. The van der Waals surface area contributed by atoms with Gasteiger partial charge in [0, 0.05) is 36.3 Å². The van der Waals surface area contributed by atoms with Crippen molar-refractivity contribution in [2.24, 2.45) is 0 Å². The molecule has 1 amide bonds. The topological polar surface area (TPSA) is 71.0 Å². The highest BCUT2D eigenvalue weighted by Crippen LogP contribution is 2.38. The molecule has 35 heavy (non-hydrogen) atoms. The van der Waals surface area contributed by atoms with Gasteiger partial charge in [0.25, 0.3) is 5.91 Å². The van der Waals surface area contributed by atoms with E-state index in [0.717, 1.165) is 29.8 Å². The molecule has 1 aliphatic rings. The lowest BCUT2D eigenvalue weighted by molar-refractivity contribution is -0.252. The zero-order chi connectivity index (χ0) is 24.6. The summed E-state index contributed by atoms with van der Waals surface area (Å²) >= 11 is 0. The van der Waals surface area contributed by atoms with Crippen molar-refractivity contribution in [1.29, 1.82) is 0 Å². The van der Waals surface area contributed by atoms with Crippen molar-refractivity contribution in [3.05, 3.63) is 114 Å². The van der Waals surface area contributed by atoms with Gasteiger partial charge in [0.1, 0.15) is 0 Å². The third kappa shape index (κ3) is 6.65. The fourth-order valence-electron chi connectivity index (χ4n) is 4.23. The van der Waals surface area contributed by atoms with Crippen LogP contribution in [0.3, 0.4) is 0 Å². The van der Waals surface area contributed by atoms with E-state index in [2.05, 4.69) is 16.8 Å². The molecule has 182 valence electrons. The van der Waals surface area contributed by atoms with Crippen LogP contribution in [0.15, 0.2) is 91.5 Å². The van der Waals surface area contributed by atoms with Crippen LogP contribution in [-0.4, -0.2) is 42.2 Å². The Balaban J connectivity index is 1.54. The first-order valence-corrected chi connectivity index (χ1v) is 11.8. The summed E-state index contributed by atoms with van der Waals surface area (Å²) in [5.74, 6) is -0.168. The van der Waals surface area contributed by atoms with Crippen LogP contribution >= 0.6 is 0 Å². The second-order valence-electron chi connectivity index (χ2n) is 8.81. The second kappa shape index (κ2) is 11.9. The predicted octanol–water partition coefficient (Wildman–Crippen LogP) is 5.09. The molecule has 1 aliphatic heterocycles. The van der Waals surface area contributed by atoms with Gasteiger partial charge in [-0.2, -0.15) is 0 Å². The molecule has 3 atom stereocenters. The maximum Gasteiger partial charge on any atom is 0.255 e. The highest BCUT2D eigenvalue weighted by atomic mass is 16.7. The third-order valence-electron chi connectivity index (χ3n) is 6.02. The summed E-state index contributed by atoms with van der Waals surface area (Å²) in [5, 5.41) is 12.3. The fraction of sp³-hybridized carbons (Fsp3) is 0.276. The van der Waals surface area contributed by atoms with Crippen molar-refractivity contribution in [2.75, 3.05) is 25.5 Å². The summed E-state index contributed by atoms with van der Waals surface area (Å²) in [5.41, 5.74) is 4.02. The van der Waals surface area contributed by atoms with Crippen LogP contribution in [0.5, 0.6) is 0 Å². The van der Waals surface area contributed by atoms with Crippen molar-refractivity contribution >= 4 is 11.6 Å². The average Bonchev–Trinajstić information content (AvgIpc) is 2.89. The van der Waals surface area contributed by atoms with Crippen LogP contribution in [0.4, 0.5) is 5.69 Å². The van der Waals surface area contributed by atoms with Gasteiger partial charge in [0.05, 0.1) is 18.8 Å². The summed E-state index contributed by atoms with van der Waals surface area (Å²) in [6.45, 7) is 5.34. The van der Waals surface area contributed by atoms with E-state index in [1.54, 1.807) is 12.1 Å². The number of carbonyl (C=O) groups excluding carboxylic acids is 1. The van der Waals surface area contributed by atoms with Crippen molar-refractivity contribution < 1.29 is 19.4 Å². The number of ether oxygens (including phenoxy) is 2. The molecule has 0 bridgehead atoms. The van der Waals surface area contributed by atoms with E-state index >= 15 is 0 Å². The number of hydrogen-bond acceptors (Lipinski definition) is 5. The Kier molecular flexibility index (Phi) is 8.45. The Hall–Kier alpha value is -3.29. The minimum absolute atomic E-state index is 0.00794. The summed E-state index contributed by atoms with van der Waals surface area (Å²) in [6.07, 6.45) is 1.79. The Morgan fingerprint density at radius 3 is 2.54 bits per heavy atom. The largest absolute Gasteiger partial charge is 0.392 e. The first kappa shape index (κ1) is 24.8. The van der Waals surface area contributed by atoms with E-state index in [-0.39, 0.29) is 24.7 Å². The van der Waals surface area contributed by atoms with Gasteiger partial charge in [-0.25, -0.2) is 0 Å². The first-order chi connectivity index (χ1) is 17.1.